The Balaban J connectivity index is 2.48. The Morgan fingerprint density at radius 1 is 0.793 bits per heavy atom. The van der Waals surface area contributed by atoms with Crippen LogP contribution in [0.3, 0.4) is 0 Å². The highest BCUT2D eigenvalue weighted by molar-refractivity contribution is 7.92. The third-order valence-electron chi connectivity index (χ3n) is 5.63. The molecular formula is C24H34O4S. The van der Waals surface area contributed by atoms with E-state index in [1.165, 1.54) is 24.3 Å². The van der Waals surface area contributed by atoms with Crippen molar-refractivity contribution < 1.29 is 18.6 Å². The van der Waals surface area contributed by atoms with Crippen LogP contribution in [0.1, 0.15) is 70.3 Å². The second kappa shape index (κ2) is 11.4. The molecule has 1 atom stereocenters. The monoisotopic (exact) mass is 418 g/mol. The van der Waals surface area contributed by atoms with E-state index in [0.29, 0.717) is 12.8 Å². The van der Waals surface area contributed by atoms with Crippen molar-refractivity contribution in [3.63, 3.8) is 0 Å². The molecule has 0 aromatic heterocycles. The van der Waals surface area contributed by atoms with E-state index in [4.69, 9.17) is 5.11 Å². The number of hydrogen-bond donors (Lipinski definition) is 2. The molecule has 0 aliphatic heterocycles. The van der Waals surface area contributed by atoms with Gasteiger partial charge in [-0.3, -0.25) is 0 Å². The summed E-state index contributed by atoms with van der Waals surface area (Å²) in [6.07, 6.45) is 7.33. The first-order chi connectivity index (χ1) is 14.0. The Kier molecular flexibility index (Phi) is 9.18. The van der Waals surface area contributed by atoms with Gasteiger partial charge in [0.25, 0.3) is 0 Å². The quantitative estimate of drug-likeness (QED) is 0.416. The van der Waals surface area contributed by atoms with Crippen molar-refractivity contribution in [2.24, 2.45) is 0 Å². The molecule has 29 heavy (non-hydrogen) atoms. The molecule has 4 nitrogen and oxygen atoms in total. The number of aliphatic hydroxyl groups is 1. The van der Waals surface area contributed by atoms with Crippen LogP contribution < -0.4 is 0 Å². The van der Waals surface area contributed by atoms with Gasteiger partial charge >= 0.3 is 0 Å². The van der Waals surface area contributed by atoms with Gasteiger partial charge in [-0.2, -0.15) is 0 Å². The number of unbranched alkanes of at least 4 members (excludes halogenated alkanes) is 5. The van der Waals surface area contributed by atoms with Gasteiger partial charge in [0.1, 0.15) is 10.5 Å². The Bertz CT molecular complexity index is 816. The van der Waals surface area contributed by atoms with Gasteiger partial charge in [-0.25, -0.2) is 8.42 Å². The second-order valence-corrected chi connectivity index (χ2v) is 9.96. The molecule has 0 saturated carbocycles. The number of phenols is 1. The third kappa shape index (κ3) is 5.83. The van der Waals surface area contributed by atoms with Crippen molar-refractivity contribution in [2.45, 2.75) is 74.4 Å². The summed E-state index contributed by atoms with van der Waals surface area (Å²) in [6.45, 7) is 2.29. The summed E-state index contributed by atoms with van der Waals surface area (Å²) < 4.78 is 26.9. The molecule has 1 unspecified atom stereocenters. The van der Waals surface area contributed by atoms with Crippen LogP contribution in [-0.4, -0.2) is 25.2 Å². The van der Waals surface area contributed by atoms with Gasteiger partial charge in [0, 0.05) is 6.61 Å². The van der Waals surface area contributed by atoms with E-state index in [9.17, 15) is 13.5 Å². The van der Waals surface area contributed by atoms with Crippen molar-refractivity contribution in [1.82, 2.24) is 0 Å². The highest BCUT2D eigenvalue weighted by atomic mass is 32.2. The average molecular weight is 419 g/mol. The Morgan fingerprint density at radius 2 is 1.38 bits per heavy atom. The topological polar surface area (TPSA) is 74.6 Å². The van der Waals surface area contributed by atoms with E-state index >= 15 is 0 Å². The smallest absolute Gasteiger partial charge is 0.188 e. The molecule has 160 valence electrons. The van der Waals surface area contributed by atoms with Crippen LogP contribution in [0.4, 0.5) is 0 Å². The van der Waals surface area contributed by atoms with Gasteiger partial charge in [0.15, 0.2) is 9.84 Å². The normalized spacial score (nSPS) is 13.9. The van der Waals surface area contributed by atoms with E-state index in [2.05, 4.69) is 6.92 Å². The van der Waals surface area contributed by atoms with E-state index in [-0.39, 0.29) is 17.3 Å². The maximum absolute atomic E-state index is 14.0. The Hall–Kier alpha value is -1.85. The fourth-order valence-electron chi connectivity index (χ4n) is 3.97. The molecule has 0 bridgehead atoms. The molecule has 0 saturated heterocycles. The van der Waals surface area contributed by atoms with Gasteiger partial charge < -0.3 is 10.2 Å². The predicted molar refractivity (Wildman–Crippen MR) is 118 cm³/mol. The highest BCUT2D eigenvalue weighted by Gasteiger charge is 2.45. The zero-order valence-electron chi connectivity index (χ0n) is 17.4. The van der Waals surface area contributed by atoms with E-state index in [0.717, 1.165) is 50.5 Å². The number of aromatic hydroxyl groups is 1. The van der Waals surface area contributed by atoms with Gasteiger partial charge in [-0.15, -0.1) is 0 Å². The summed E-state index contributed by atoms with van der Waals surface area (Å²) in [4.78, 5) is 0.256. The standard InChI is InChI=1S/C24H34O4S/c1-2-3-9-18-24(19-10-4-5-11-20-25,21-12-7-6-8-13-21)29(27,28)23-16-14-22(26)15-17-23/h6-8,12-17,25-26H,2-5,9-11,18-20H2,1H3. The lowest BCUT2D eigenvalue weighted by atomic mass is 9.87. The molecule has 5 heteroatoms. The molecule has 0 aliphatic rings. The van der Waals surface area contributed by atoms with Crippen LogP contribution in [0.2, 0.25) is 0 Å². The molecule has 0 spiro atoms. The highest BCUT2D eigenvalue weighted by Crippen LogP contribution is 2.44. The predicted octanol–water partition coefficient (Wildman–Crippen LogP) is 5.58. The van der Waals surface area contributed by atoms with Crippen molar-refractivity contribution in [3.05, 3.63) is 60.2 Å². The lowest BCUT2D eigenvalue weighted by Gasteiger charge is -2.34. The first kappa shape index (κ1) is 23.4. The molecule has 2 aromatic rings. The summed E-state index contributed by atoms with van der Waals surface area (Å²) in [5, 5.41) is 18.7. The summed E-state index contributed by atoms with van der Waals surface area (Å²) in [6, 6.07) is 15.5. The fourth-order valence-corrected chi connectivity index (χ4v) is 6.18. The molecule has 2 rings (SSSR count). The third-order valence-corrected chi connectivity index (χ3v) is 8.20. The molecule has 0 aliphatic carbocycles. The van der Waals surface area contributed by atoms with Crippen molar-refractivity contribution >= 4 is 9.84 Å². The van der Waals surface area contributed by atoms with Gasteiger partial charge in [0.05, 0.1) is 4.90 Å². The van der Waals surface area contributed by atoms with Crippen molar-refractivity contribution in [3.8, 4) is 5.75 Å². The molecular weight excluding hydrogens is 384 g/mol. The van der Waals surface area contributed by atoms with Crippen LogP contribution in [0.15, 0.2) is 59.5 Å². The number of rotatable bonds is 13. The number of aliphatic hydroxyl groups excluding tert-OH is 1. The SMILES string of the molecule is CCCCCC(CCCCCCO)(c1ccccc1)S(=O)(=O)c1ccc(O)cc1. The summed E-state index contributed by atoms with van der Waals surface area (Å²) >= 11 is 0. The number of hydrogen-bond acceptors (Lipinski definition) is 4. The minimum Gasteiger partial charge on any atom is -0.508 e. The molecule has 0 fully saturated rings. The molecule has 2 aromatic carbocycles. The maximum atomic E-state index is 14.0. The maximum Gasteiger partial charge on any atom is 0.188 e. The zero-order chi connectivity index (χ0) is 21.2. The van der Waals surface area contributed by atoms with E-state index in [1.54, 1.807) is 0 Å². The lowest BCUT2D eigenvalue weighted by molar-refractivity contribution is 0.281. The van der Waals surface area contributed by atoms with Gasteiger partial charge in [0.2, 0.25) is 0 Å². The number of phenolic OH excluding ortho intramolecular Hbond substituents is 1. The number of sulfone groups is 1. The average Bonchev–Trinajstić information content (AvgIpc) is 2.73. The summed E-state index contributed by atoms with van der Waals surface area (Å²) in [5.74, 6) is 0.0595. The van der Waals surface area contributed by atoms with Crippen LogP contribution in [0.25, 0.3) is 0 Å². The Morgan fingerprint density at radius 3 is 1.97 bits per heavy atom. The summed E-state index contributed by atoms with van der Waals surface area (Å²) in [5.41, 5.74) is 0.839. The second-order valence-electron chi connectivity index (χ2n) is 7.70. The molecule has 2 N–H and O–H groups in total. The van der Waals surface area contributed by atoms with Crippen LogP contribution in [0, 0.1) is 0 Å². The van der Waals surface area contributed by atoms with E-state index in [1.807, 2.05) is 30.3 Å². The van der Waals surface area contributed by atoms with Crippen LogP contribution >= 0.6 is 0 Å². The van der Waals surface area contributed by atoms with Gasteiger partial charge in [-0.05, 0) is 49.1 Å². The first-order valence-corrected chi connectivity index (χ1v) is 12.2. The van der Waals surface area contributed by atoms with E-state index < -0.39 is 14.6 Å². The van der Waals surface area contributed by atoms with Crippen LogP contribution in [-0.2, 0) is 14.6 Å². The summed E-state index contributed by atoms with van der Waals surface area (Å²) in [7, 11) is -3.67. The Labute approximate surface area is 175 Å². The largest absolute Gasteiger partial charge is 0.508 e. The fraction of sp³-hybridized carbons (Fsp3) is 0.500. The van der Waals surface area contributed by atoms with Gasteiger partial charge in [-0.1, -0.05) is 75.8 Å². The van der Waals surface area contributed by atoms with Crippen molar-refractivity contribution in [2.75, 3.05) is 6.61 Å². The molecule has 0 radical (unpaired) electrons. The minimum absolute atomic E-state index is 0.0595. The zero-order valence-corrected chi connectivity index (χ0v) is 18.2. The van der Waals surface area contributed by atoms with Crippen molar-refractivity contribution in [1.29, 1.82) is 0 Å². The minimum atomic E-state index is -3.67. The number of benzene rings is 2. The molecule has 0 amide bonds. The lowest BCUT2D eigenvalue weighted by Crippen LogP contribution is -2.36. The first-order valence-electron chi connectivity index (χ1n) is 10.7. The molecule has 0 heterocycles. The van der Waals surface area contributed by atoms with Crippen LogP contribution in [0.5, 0.6) is 5.75 Å².